The predicted molar refractivity (Wildman–Crippen MR) is 119 cm³/mol. The number of urea groups is 1. The summed E-state index contributed by atoms with van der Waals surface area (Å²) in [7, 11) is 1.53. The van der Waals surface area contributed by atoms with Crippen LogP contribution in [0.2, 0.25) is 0 Å². The number of ether oxygens (including phenoxy) is 1. The van der Waals surface area contributed by atoms with Crippen molar-refractivity contribution in [2.75, 3.05) is 17.3 Å². The molecule has 1 N–H and O–H groups in total. The highest BCUT2D eigenvalue weighted by atomic mass is 32.1. The van der Waals surface area contributed by atoms with E-state index in [-0.39, 0.29) is 13.0 Å². The van der Waals surface area contributed by atoms with Crippen LogP contribution in [0, 0.1) is 5.82 Å². The Labute approximate surface area is 188 Å². The number of carbonyl (C=O) groups is 3. The Balaban J connectivity index is 1.57. The Morgan fingerprint density at radius 3 is 2.44 bits per heavy atom. The molecule has 1 saturated heterocycles. The average Bonchev–Trinajstić information content (AvgIpc) is 3.38. The Hall–Kier alpha value is -3.72. The van der Waals surface area contributed by atoms with Crippen molar-refractivity contribution < 1.29 is 23.5 Å². The molecule has 1 aliphatic heterocycles. The van der Waals surface area contributed by atoms with Crippen LogP contribution in [0.25, 0.3) is 0 Å². The highest BCUT2D eigenvalue weighted by molar-refractivity contribution is 7.09. The maximum Gasteiger partial charge on any atom is 0.332 e. The second kappa shape index (κ2) is 9.19. The van der Waals surface area contributed by atoms with Gasteiger partial charge in [-0.3, -0.25) is 9.59 Å². The lowest BCUT2D eigenvalue weighted by atomic mass is 10.1. The topological polar surface area (TPSA) is 79.0 Å². The van der Waals surface area contributed by atoms with Gasteiger partial charge in [0.15, 0.2) is 0 Å². The third-order valence-corrected chi connectivity index (χ3v) is 5.92. The van der Waals surface area contributed by atoms with E-state index in [1.54, 1.807) is 24.3 Å². The molecule has 3 aromatic rings. The molecule has 1 atom stereocenters. The monoisotopic (exact) mass is 453 g/mol. The standard InChI is InChI=1S/C23H20FN3O4S/c1-31-18-10-8-17(9-11-18)27-22(29)20(26(23(27)30)14-19-3-2-12-32-19)13-21(28)25-16-6-4-15(24)5-7-16/h2-12,20H,13-14H2,1H3,(H,25,28). The van der Waals surface area contributed by atoms with Crippen LogP contribution in [0.4, 0.5) is 20.6 Å². The van der Waals surface area contributed by atoms with E-state index in [0.717, 1.165) is 9.78 Å². The van der Waals surface area contributed by atoms with E-state index < -0.39 is 29.7 Å². The van der Waals surface area contributed by atoms with Gasteiger partial charge < -0.3 is 15.0 Å². The van der Waals surface area contributed by atoms with Gasteiger partial charge in [-0.15, -0.1) is 11.3 Å². The zero-order chi connectivity index (χ0) is 22.7. The Morgan fingerprint density at radius 2 is 1.81 bits per heavy atom. The van der Waals surface area contributed by atoms with Crippen molar-refractivity contribution >= 4 is 40.6 Å². The highest BCUT2D eigenvalue weighted by Gasteiger charge is 2.46. The molecular formula is C23H20FN3O4S. The fourth-order valence-corrected chi connectivity index (χ4v) is 4.18. The summed E-state index contributed by atoms with van der Waals surface area (Å²) in [5.41, 5.74) is 0.809. The smallest absolute Gasteiger partial charge is 0.332 e. The first-order valence-electron chi connectivity index (χ1n) is 9.82. The minimum Gasteiger partial charge on any atom is -0.497 e. The lowest BCUT2D eigenvalue weighted by Gasteiger charge is -2.21. The molecule has 7 nitrogen and oxygen atoms in total. The lowest BCUT2D eigenvalue weighted by molar-refractivity contribution is -0.124. The summed E-state index contributed by atoms with van der Waals surface area (Å²) in [5, 5.41) is 4.54. The van der Waals surface area contributed by atoms with Crippen molar-refractivity contribution in [2.24, 2.45) is 0 Å². The summed E-state index contributed by atoms with van der Waals surface area (Å²) in [6.45, 7) is 0.212. The number of nitrogens with one attached hydrogen (secondary N) is 1. The number of carbonyl (C=O) groups excluding carboxylic acids is 3. The van der Waals surface area contributed by atoms with Gasteiger partial charge in [0.05, 0.1) is 25.8 Å². The first-order valence-corrected chi connectivity index (χ1v) is 10.7. The molecule has 4 rings (SSSR count). The van der Waals surface area contributed by atoms with Gasteiger partial charge in [0.25, 0.3) is 5.91 Å². The molecule has 0 spiro atoms. The zero-order valence-electron chi connectivity index (χ0n) is 17.2. The normalized spacial score (nSPS) is 15.9. The van der Waals surface area contributed by atoms with E-state index in [1.165, 1.54) is 47.6 Å². The van der Waals surface area contributed by atoms with Gasteiger partial charge in [-0.25, -0.2) is 14.1 Å². The molecule has 0 bridgehead atoms. The van der Waals surface area contributed by atoms with Crippen molar-refractivity contribution in [1.82, 2.24) is 4.90 Å². The van der Waals surface area contributed by atoms with Gasteiger partial charge in [-0.2, -0.15) is 0 Å². The van der Waals surface area contributed by atoms with Gasteiger partial charge in [0, 0.05) is 10.6 Å². The SMILES string of the molecule is COc1ccc(N2C(=O)C(CC(=O)Nc3ccc(F)cc3)N(Cc3cccs3)C2=O)cc1. The molecule has 1 unspecified atom stereocenters. The molecular weight excluding hydrogens is 433 g/mol. The third kappa shape index (κ3) is 4.47. The first-order chi connectivity index (χ1) is 15.5. The maximum atomic E-state index is 13.2. The van der Waals surface area contributed by atoms with Crippen LogP contribution in [0.3, 0.4) is 0 Å². The number of anilines is 2. The third-order valence-electron chi connectivity index (χ3n) is 5.06. The number of benzene rings is 2. The Kier molecular flexibility index (Phi) is 6.18. The molecule has 9 heteroatoms. The van der Waals surface area contributed by atoms with E-state index in [1.807, 2.05) is 17.5 Å². The van der Waals surface area contributed by atoms with Crippen molar-refractivity contribution in [3.05, 3.63) is 76.7 Å². The molecule has 2 aromatic carbocycles. The molecule has 1 aliphatic rings. The van der Waals surface area contributed by atoms with Crippen molar-refractivity contribution in [1.29, 1.82) is 0 Å². The first kappa shape index (κ1) is 21.5. The number of nitrogens with zero attached hydrogens (tertiary/aromatic N) is 2. The van der Waals surface area contributed by atoms with Crippen LogP contribution in [0.1, 0.15) is 11.3 Å². The predicted octanol–water partition coefficient (Wildman–Crippen LogP) is 4.26. The second-order valence-electron chi connectivity index (χ2n) is 7.14. The largest absolute Gasteiger partial charge is 0.497 e. The molecule has 2 heterocycles. The summed E-state index contributed by atoms with van der Waals surface area (Å²) in [5.74, 6) is -0.753. The lowest BCUT2D eigenvalue weighted by Crippen LogP contribution is -2.37. The number of imide groups is 1. The average molecular weight is 453 g/mol. The number of thiophene rings is 1. The highest BCUT2D eigenvalue weighted by Crippen LogP contribution is 2.30. The molecule has 164 valence electrons. The van der Waals surface area contributed by atoms with Crippen molar-refractivity contribution in [3.8, 4) is 5.75 Å². The fourth-order valence-electron chi connectivity index (χ4n) is 3.47. The number of hydrogen-bond donors (Lipinski definition) is 1. The van der Waals surface area contributed by atoms with Gasteiger partial charge in [-0.1, -0.05) is 6.07 Å². The van der Waals surface area contributed by atoms with E-state index >= 15 is 0 Å². The summed E-state index contributed by atoms with van der Waals surface area (Å²) in [6, 6.07) is 14.2. The quantitative estimate of drug-likeness (QED) is 0.542. The molecule has 32 heavy (non-hydrogen) atoms. The summed E-state index contributed by atoms with van der Waals surface area (Å²) in [4.78, 5) is 42.5. The minimum absolute atomic E-state index is 0.212. The fraction of sp³-hybridized carbons (Fsp3) is 0.174. The van der Waals surface area contributed by atoms with E-state index in [9.17, 15) is 18.8 Å². The van der Waals surface area contributed by atoms with Gasteiger partial charge in [0.2, 0.25) is 5.91 Å². The Bertz CT molecular complexity index is 1120. The number of methoxy groups -OCH3 is 1. The minimum atomic E-state index is -0.966. The van der Waals surface area contributed by atoms with Crippen LogP contribution in [0.5, 0.6) is 5.75 Å². The van der Waals surface area contributed by atoms with Crippen molar-refractivity contribution in [2.45, 2.75) is 19.0 Å². The van der Waals surface area contributed by atoms with E-state index in [4.69, 9.17) is 4.74 Å². The van der Waals surface area contributed by atoms with Crippen LogP contribution in [-0.2, 0) is 16.1 Å². The molecule has 1 fully saturated rings. The molecule has 0 radical (unpaired) electrons. The summed E-state index contributed by atoms with van der Waals surface area (Å²) < 4.78 is 18.3. The summed E-state index contributed by atoms with van der Waals surface area (Å²) >= 11 is 1.46. The van der Waals surface area contributed by atoms with Crippen molar-refractivity contribution in [3.63, 3.8) is 0 Å². The van der Waals surface area contributed by atoms with Gasteiger partial charge in [-0.05, 0) is 60.0 Å². The number of rotatable bonds is 7. The Morgan fingerprint density at radius 1 is 1.09 bits per heavy atom. The van der Waals surface area contributed by atoms with Crippen LogP contribution < -0.4 is 15.0 Å². The van der Waals surface area contributed by atoms with E-state index in [0.29, 0.717) is 17.1 Å². The van der Waals surface area contributed by atoms with Gasteiger partial charge >= 0.3 is 6.03 Å². The number of halogens is 1. The number of amides is 4. The molecule has 0 saturated carbocycles. The summed E-state index contributed by atoms with van der Waals surface area (Å²) in [6.07, 6.45) is -0.222. The number of hydrogen-bond acceptors (Lipinski definition) is 5. The maximum absolute atomic E-state index is 13.2. The van der Waals surface area contributed by atoms with Gasteiger partial charge in [0.1, 0.15) is 17.6 Å². The van der Waals surface area contributed by atoms with Crippen LogP contribution in [-0.4, -0.2) is 35.9 Å². The zero-order valence-corrected chi connectivity index (χ0v) is 18.0. The van der Waals surface area contributed by atoms with Crippen LogP contribution >= 0.6 is 11.3 Å². The molecule has 4 amide bonds. The van der Waals surface area contributed by atoms with Crippen LogP contribution in [0.15, 0.2) is 66.0 Å². The van der Waals surface area contributed by atoms with E-state index in [2.05, 4.69) is 5.32 Å². The second-order valence-corrected chi connectivity index (χ2v) is 8.17. The molecule has 1 aromatic heterocycles. The molecule has 0 aliphatic carbocycles.